The molecule has 1 aliphatic rings. The zero-order valence-electron chi connectivity index (χ0n) is 12.6. The third kappa shape index (κ3) is 4.23. The molecule has 2 heterocycles. The molecular formula is C14H21F3N4. The standard InChI is InChI=1S/C14H21F3N4/c1-11-8-13(12(2)21(11)10-14(15,16)17)9-18-20-6-4-19(3)5-7-20/h8-9H,4-7,10H2,1-3H3. The third-order valence-corrected chi connectivity index (χ3v) is 3.79. The Kier molecular flexibility index (Phi) is 4.61. The van der Waals surface area contributed by atoms with Crippen LogP contribution in [-0.2, 0) is 6.54 Å². The molecule has 1 aromatic rings. The fourth-order valence-electron chi connectivity index (χ4n) is 2.44. The monoisotopic (exact) mass is 302 g/mol. The largest absolute Gasteiger partial charge is 0.406 e. The Balaban J connectivity index is 2.09. The van der Waals surface area contributed by atoms with Crippen molar-refractivity contribution in [2.45, 2.75) is 26.6 Å². The second-order valence-electron chi connectivity index (χ2n) is 5.53. The van der Waals surface area contributed by atoms with Crippen molar-refractivity contribution in [3.63, 3.8) is 0 Å². The zero-order valence-corrected chi connectivity index (χ0v) is 12.6. The molecule has 1 saturated heterocycles. The molecule has 7 heteroatoms. The Hall–Kier alpha value is -1.50. The Morgan fingerprint density at radius 3 is 2.38 bits per heavy atom. The van der Waals surface area contributed by atoms with Crippen LogP contribution in [-0.4, -0.2) is 60.1 Å². The van der Waals surface area contributed by atoms with Gasteiger partial charge in [0.05, 0.1) is 6.21 Å². The van der Waals surface area contributed by atoms with Gasteiger partial charge in [0.1, 0.15) is 6.54 Å². The molecule has 0 aromatic carbocycles. The van der Waals surface area contributed by atoms with E-state index in [9.17, 15) is 13.2 Å². The summed E-state index contributed by atoms with van der Waals surface area (Å²) in [6.45, 7) is 6.01. The summed E-state index contributed by atoms with van der Waals surface area (Å²) in [6, 6.07) is 1.75. The predicted molar refractivity (Wildman–Crippen MR) is 76.6 cm³/mol. The van der Waals surface area contributed by atoms with Crippen molar-refractivity contribution in [2.75, 3.05) is 33.2 Å². The van der Waals surface area contributed by atoms with Gasteiger partial charge < -0.3 is 9.47 Å². The molecule has 1 aliphatic heterocycles. The second kappa shape index (κ2) is 6.09. The summed E-state index contributed by atoms with van der Waals surface area (Å²) in [4.78, 5) is 2.22. The average molecular weight is 302 g/mol. The minimum absolute atomic E-state index is 0.600. The van der Waals surface area contributed by atoms with Crippen molar-refractivity contribution in [1.29, 1.82) is 0 Å². The number of likely N-dealkylation sites (N-methyl/N-ethyl adjacent to an activating group) is 1. The van der Waals surface area contributed by atoms with Gasteiger partial charge in [-0.2, -0.15) is 18.3 Å². The van der Waals surface area contributed by atoms with E-state index in [1.807, 2.05) is 5.01 Å². The molecule has 0 spiro atoms. The fraction of sp³-hybridized carbons (Fsp3) is 0.643. The van der Waals surface area contributed by atoms with E-state index in [0.29, 0.717) is 11.4 Å². The van der Waals surface area contributed by atoms with Gasteiger partial charge in [-0.3, -0.25) is 5.01 Å². The lowest BCUT2D eigenvalue weighted by Gasteiger charge is -2.30. The molecule has 0 aliphatic carbocycles. The van der Waals surface area contributed by atoms with Crippen LogP contribution >= 0.6 is 0 Å². The summed E-state index contributed by atoms with van der Waals surface area (Å²) in [5.74, 6) is 0. The highest BCUT2D eigenvalue weighted by molar-refractivity contribution is 5.81. The second-order valence-corrected chi connectivity index (χ2v) is 5.53. The lowest BCUT2D eigenvalue weighted by Crippen LogP contribution is -2.41. The van der Waals surface area contributed by atoms with E-state index in [2.05, 4.69) is 17.0 Å². The molecule has 0 N–H and O–H groups in total. The molecular weight excluding hydrogens is 281 g/mol. The number of piperazine rings is 1. The van der Waals surface area contributed by atoms with E-state index in [1.165, 1.54) is 4.57 Å². The number of hydrazone groups is 1. The van der Waals surface area contributed by atoms with Gasteiger partial charge in [-0.05, 0) is 27.0 Å². The zero-order chi connectivity index (χ0) is 15.6. The number of alkyl halides is 3. The molecule has 21 heavy (non-hydrogen) atoms. The molecule has 0 unspecified atom stereocenters. The lowest BCUT2D eigenvalue weighted by molar-refractivity contribution is -0.141. The van der Waals surface area contributed by atoms with E-state index < -0.39 is 12.7 Å². The summed E-state index contributed by atoms with van der Waals surface area (Å²) in [5.41, 5.74) is 1.95. The Bertz CT molecular complexity index is 511. The van der Waals surface area contributed by atoms with Crippen LogP contribution in [0, 0.1) is 13.8 Å². The van der Waals surface area contributed by atoms with Crippen LogP contribution in [0.3, 0.4) is 0 Å². The first-order valence-corrected chi connectivity index (χ1v) is 6.97. The summed E-state index contributed by atoms with van der Waals surface area (Å²) >= 11 is 0. The number of hydrogen-bond acceptors (Lipinski definition) is 3. The summed E-state index contributed by atoms with van der Waals surface area (Å²) in [5, 5.41) is 6.34. The van der Waals surface area contributed by atoms with Crippen molar-refractivity contribution in [3.8, 4) is 0 Å². The number of nitrogens with zero attached hydrogens (tertiary/aromatic N) is 4. The number of aryl methyl sites for hydroxylation is 1. The molecule has 4 nitrogen and oxygen atoms in total. The van der Waals surface area contributed by atoms with Crippen molar-refractivity contribution in [2.24, 2.45) is 5.10 Å². The minimum atomic E-state index is -4.21. The van der Waals surface area contributed by atoms with E-state index in [-0.39, 0.29) is 0 Å². The first-order valence-electron chi connectivity index (χ1n) is 6.97. The van der Waals surface area contributed by atoms with Crippen molar-refractivity contribution >= 4 is 6.21 Å². The minimum Gasteiger partial charge on any atom is -0.339 e. The molecule has 1 fully saturated rings. The van der Waals surface area contributed by atoms with Crippen molar-refractivity contribution in [3.05, 3.63) is 23.0 Å². The van der Waals surface area contributed by atoms with Gasteiger partial charge in [0.2, 0.25) is 0 Å². The maximum atomic E-state index is 12.6. The van der Waals surface area contributed by atoms with Crippen LogP contribution in [0.4, 0.5) is 13.2 Å². The summed E-state index contributed by atoms with van der Waals surface area (Å²) in [6.07, 6.45) is -2.54. The van der Waals surface area contributed by atoms with E-state index in [1.54, 1.807) is 26.1 Å². The Morgan fingerprint density at radius 2 is 1.81 bits per heavy atom. The van der Waals surface area contributed by atoms with Crippen LogP contribution in [0.2, 0.25) is 0 Å². The fourth-order valence-corrected chi connectivity index (χ4v) is 2.44. The van der Waals surface area contributed by atoms with Crippen molar-refractivity contribution in [1.82, 2.24) is 14.5 Å². The Morgan fingerprint density at radius 1 is 1.19 bits per heavy atom. The normalized spacial score (nSPS) is 17.9. The maximum Gasteiger partial charge on any atom is 0.406 e. The van der Waals surface area contributed by atoms with E-state index >= 15 is 0 Å². The quantitative estimate of drug-likeness (QED) is 0.800. The molecule has 0 atom stereocenters. The first-order chi connectivity index (χ1) is 9.76. The lowest BCUT2D eigenvalue weighted by atomic mass is 10.3. The van der Waals surface area contributed by atoms with Gasteiger partial charge in [0.15, 0.2) is 0 Å². The van der Waals surface area contributed by atoms with E-state index in [0.717, 1.165) is 31.7 Å². The van der Waals surface area contributed by atoms with Crippen LogP contribution in [0.1, 0.15) is 17.0 Å². The van der Waals surface area contributed by atoms with Gasteiger partial charge >= 0.3 is 6.18 Å². The number of aromatic nitrogens is 1. The van der Waals surface area contributed by atoms with Gasteiger partial charge in [0.25, 0.3) is 0 Å². The molecule has 0 amide bonds. The van der Waals surface area contributed by atoms with Crippen LogP contribution in [0.5, 0.6) is 0 Å². The van der Waals surface area contributed by atoms with Gasteiger partial charge in [-0.15, -0.1) is 0 Å². The van der Waals surface area contributed by atoms with Crippen LogP contribution in [0.25, 0.3) is 0 Å². The highest BCUT2D eigenvalue weighted by Crippen LogP contribution is 2.22. The molecule has 0 bridgehead atoms. The molecule has 0 radical (unpaired) electrons. The molecule has 118 valence electrons. The first kappa shape index (κ1) is 15.9. The van der Waals surface area contributed by atoms with E-state index in [4.69, 9.17) is 0 Å². The smallest absolute Gasteiger partial charge is 0.339 e. The number of rotatable bonds is 3. The molecule has 2 rings (SSSR count). The van der Waals surface area contributed by atoms with Crippen LogP contribution in [0.15, 0.2) is 11.2 Å². The summed E-state index contributed by atoms with van der Waals surface area (Å²) < 4.78 is 39.0. The van der Waals surface area contributed by atoms with Gasteiger partial charge in [-0.25, -0.2) is 0 Å². The Labute approximate surface area is 122 Å². The van der Waals surface area contributed by atoms with Gasteiger partial charge in [0, 0.05) is 43.1 Å². The third-order valence-electron chi connectivity index (χ3n) is 3.79. The highest BCUT2D eigenvalue weighted by atomic mass is 19.4. The molecule has 0 saturated carbocycles. The predicted octanol–water partition coefficient (Wildman–Crippen LogP) is 2.25. The SMILES string of the molecule is Cc1cc(C=NN2CCN(C)CC2)c(C)n1CC(F)(F)F. The van der Waals surface area contributed by atoms with Crippen molar-refractivity contribution < 1.29 is 13.2 Å². The topological polar surface area (TPSA) is 23.8 Å². The highest BCUT2D eigenvalue weighted by Gasteiger charge is 2.29. The molecule has 1 aromatic heterocycles. The van der Waals surface area contributed by atoms with Crippen LogP contribution < -0.4 is 0 Å². The number of hydrogen-bond donors (Lipinski definition) is 0. The maximum absolute atomic E-state index is 12.6. The summed E-state index contributed by atoms with van der Waals surface area (Å²) in [7, 11) is 2.06. The average Bonchev–Trinajstić information content (AvgIpc) is 2.64. The van der Waals surface area contributed by atoms with Gasteiger partial charge in [-0.1, -0.05) is 0 Å². The number of halogens is 3.